The van der Waals surface area contributed by atoms with Crippen molar-refractivity contribution in [1.82, 2.24) is 38.9 Å². The number of nitrogens with one attached hydrogen (secondary N) is 4. The van der Waals surface area contributed by atoms with Gasteiger partial charge in [-0.25, -0.2) is 35.8 Å². The first-order valence-corrected chi connectivity index (χ1v) is 44.1. The number of hydrogen-bond donors (Lipinski definition) is 12. The van der Waals surface area contributed by atoms with Crippen LogP contribution in [0.1, 0.15) is 72.8 Å². The maximum atomic E-state index is 16.0. The number of para-hydroxylation sites is 4. The van der Waals surface area contributed by atoms with Crippen molar-refractivity contribution in [2.24, 2.45) is 0 Å². The summed E-state index contributed by atoms with van der Waals surface area (Å²) in [5.74, 6) is -14.0. The molecule has 0 aliphatic carbocycles. The number of nitrogens with zero attached hydrogens (tertiary/aromatic N) is 4. The first kappa shape index (κ1) is 88.4. The van der Waals surface area contributed by atoms with Crippen molar-refractivity contribution < 1.29 is 182 Å². The number of aryl methyl sites for hydroxylation is 3. The number of aliphatic hydroxyl groups is 8. The smallest absolute Gasteiger partial charge is 0.493 e. The first-order valence-electron chi connectivity index (χ1n) is 40.0. The number of carbonyl (C=O) groups is 1. The second kappa shape index (κ2) is 37.8. The third-order valence-corrected chi connectivity index (χ3v) is 25.5. The molecule has 16 rings (SSSR count). The number of aromatic nitrogens is 6. The number of alkyl halides is 4. The Labute approximate surface area is 743 Å². The monoisotopic (exact) mass is 1950 g/mol. The average molecular weight is 1950 g/mol. The number of phosphoric ester groups is 4. The van der Waals surface area contributed by atoms with Crippen LogP contribution in [0.2, 0.25) is 0 Å². The summed E-state index contributed by atoms with van der Waals surface area (Å²) >= 11 is 15.0. The Hall–Kier alpha value is -8.83. The number of benzene rings is 4. The normalized spacial score (nSPS) is 34.5. The van der Waals surface area contributed by atoms with Gasteiger partial charge in [0.1, 0.15) is 81.0 Å². The molecular formula is C73H82F4N8O36P4S3. The number of phosphoric acid groups is 4. The molecule has 7 aromatic rings. The van der Waals surface area contributed by atoms with Crippen LogP contribution in [0, 0.1) is 35.1 Å². The molecule has 696 valence electrons. The Morgan fingerprint density at radius 1 is 0.461 bits per heavy atom. The molecular weight excluding hydrogens is 1860 g/mol. The zero-order valence-electron chi connectivity index (χ0n) is 73.3. The predicted molar refractivity (Wildman–Crippen MR) is 431 cm³/mol. The number of carbonyl (C=O) groups excluding carboxylic acids is 1. The van der Waals surface area contributed by atoms with E-state index in [1.807, 2.05) is 0 Å². The SMILES string of the molecule is COc1cccc2c1OP(=O)(OC[C@@]1(F)O[C@@H](n3cc(C)c(=O)[nH]c3=S)[C@H](O)[C@@H]1O)OC2.[2H]C([2H])(OP1(=O)OCc2cccc(OC)c2O1)[C@@]1(F)O[C@@H](n2cc(C)c(=O)[nH]c2=S)[C@H](O)[C@@H]1O.[2H]C([2H])(OP1(=O)OCc2cccc(OC)c2O1)[C@@]1(F)O[C@@]([2H])(N2C=C(C)C(=O)NC2=C)[C@H](O)[C@@H]1O.[2H][C@@]1(n2cc(C)c(=O)[nH]c2=S)O[C@](F)(COP2(=O)OCc3cccc(OC)c3O2)[C@@H](O)[C@H]1O. The summed E-state index contributed by atoms with van der Waals surface area (Å²) in [7, 11) is -13.0. The quantitative estimate of drug-likeness (QED) is 0.0210. The molecule has 0 spiro atoms. The third-order valence-electron chi connectivity index (χ3n) is 19.7. The number of fused-ring (bicyclic) bond motifs is 4. The summed E-state index contributed by atoms with van der Waals surface area (Å²) < 4.78 is 268. The molecule has 9 aliphatic rings. The van der Waals surface area contributed by atoms with E-state index in [1.165, 1.54) is 74.5 Å². The highest BCUT2D eigenvalue weighted by atomic mass is 32.1. The first-order chi connectivity index (χ1) is 62.5. The molecule has 4 aromatic carbocycles. The predicted octanol–water partition coefficient (Wildman–Crippen LogP) is 6.90. The summed E-state index contributed by atoms with van der Waals surface area (Å²) in [6.07, 6.45) is -22.5. The molecule has 12 N–H and O–H groups in total. The van der Waals surface area contributed by atoms with Gasteiger partial charge < -0.3 is 107 Å². The number of H-pyrrole nitrogens is 3. The highest BCUT2D eigenvalue weighted by Gasteiger charge is 2.63. The topological polar surface area (TPSA) is 560 Å². The molecule has 12 heterocycles. The third kappa shape index (κ3) is 19.7. The van der Waals surface area contributed by atoms with Gasteiger partial charge in [0.15, 0.2) is 85.2 Å². The van der Waals surface area contributed by atoms with Crippen molar-refractivity contribution in [3.05, 3.63) is 200 Å². The zero-order valence-corrected chi connectivity index (χ0v) is 73.3. The molecule has 0 saturated carbocycles. The van der Waals surface area contributed by atoms with E-state index in [2.05, 4.69) is 26.8 Å². The Kier molecular flexibility index (Phi) is 26.1. The lowest BCUT2D eigenvalue weighted by Crippen LogP contribution is -2.47. The molecule has 20 atom stereocenters. The zero-order chi connectivity index (χ0) is 98.5. The van der Waals surface area contributed by atoms with Gasteiger partial charge in [-0.05, 0) is 88.6 Å². The van der Waals surface area contributed by atoms with E-state index in [4.69, 9.17) is 137 Å². The highest BCUT2D eigenvalue weighted by Crippen LogP contribution is 2.62. The van der Waals surface area contributed by atoms with Crippen molar-refractivity contribution in [2.75, 3.05) is 54.8 Å². The Morgan fingerprint density at radius 2 is 0.758 bits per heavy atom. The maximum absolute atomic E-state index is 16.0. The van der Waals surface area contributed by atoms with Crippen LogP contribution in [-0.2, 0) is 105 Å². The summed E-state index contributed by atoms with van der Waals surface area (Å²) in [4.78, 5) is 54.5. The van der Waals surface area contributed by atoms with Crippen LogP contribution in [-0.4, -0.2) is 214 Å². The standard InChI is InChI=1S/C19H22FN2O9P.3C18H20FN2O9PS/c1-10-7-22(11(2)21-17(10)25)18-14(23)16(24)19(20,30-18)9-29-32(26)28-8-12-5-4-6-13(27-3)15(12)31-32;3*1-9-6-21(17(32)20-15(9)24)16-12(22)14(23)18(19,29-16)8-28-31(25)27-7-10-4-3-5-11(26-2)13(10)30-31/h4-7,14,16,18,23-24H,2,8-9H2,1,3H3,(H,21,25);3*3-6,12,14,16,22-23H,7-8H2,1-2H3,(H,20,24,32)/t14-,16+,18-,19-,32?;3*12-,14+,16-,18-,31?/m1111/s1/i9D2,18D;16D;8D2;. The van der Waals surface area contributed by atoms with Gasteiger partial charge in [0.05, 0.1) is 63.1 Å². The molecule has 3 aromatic heterocycles. The van der Waals surface area contributed by atoms with Gasteiger partial charge in [0.2, 0.25) is 0 Å². The molecule has 0 bridgehead atoms. The average Bonchev–Trinajstić information content (AvgIpc) is 1.55. The van der Waals surface area contributed by atoms with Crippen LogP contribution in [0.5, 0.6) is 46.0 Å². The van der Waals surface area contributed by atoms with E-state index in [0.29, 0.717) is 27.2 Å². The maximum Gasteiger partial charge on any atom is 0.530 e. The number of aliphatic hydroxyl groups excluding tert-OH is 8. The second-order valence-electron chi connectivity index (χ2n) is 28.4. The van der Waals surface area contributed by atoms with Gasteiger partial charge in [-0.1, -0.05) is 55.1 Å². The Morgan fingerprint density at radius 3 is 1.13 bits per heavy atom. The second-order valence-corrected chi connectivity index (χ2v) is 35.7. The number of amides is 1. The number of halogens is 4. The molecule has 4 fully saturated rings. The van der Waals surface area contributed by atoms with Crippen molar-refractivity contribution >= 4 is 73.9 Å². The van der Waals surface area contributed by atoms with Crippen LogP contribution in [0.4, 0.5) is 17.6 Å². The van der Waals surface area contributed by atoms with Crippen molar-refractivity contribution in [2.45, 2.75) is 151 Å². The van der Waals surface area contributed by atoms with Crippen molar-refractivity contribution in [1.29, 1.82) is 0 Å². The molecule has 4 saturated heterocycles. The molecule has 55 heteroatoms. The summed E-state index contributed by atoms with van der Waals surface area (Å²) in [5, 5.41) is 85.4. The fraction of sp³-hybridized carbons (Fsp3) is 0.438. The lowest BCUT2D eigenvalue weighted by molar-refractivity contribution is -0.208. The van der Waals surface area contributed by atoms with Crippen LogP contribution < -0.4 is 59.0 Å². The van der Waals surface area contributed by atoms with Crippen LogP contribution in [0.15, 0.2) is 130 Å². The Bertz CT molecular complexity index is 6370. The molecule has 128 heavy (non-hydrogen) atoms. The van der Waals surface area contributed by atoms with Crippen molar-refractivity contribution in [3.8, 4) is 46.0 Å². The van der Waals surface area contributed by atoms with E-state index in [1.54, 1.807) is 60.7 Å². The fourth-order valence-corrected chi connectivity index (χ4v) is 18.2. The Balaban J connectivity index is 0.000000152. The lowest BCUT2D eigenvalue weighted by Gasteiger charge is -2.34. The molecule has 0 radical (unpaired) electrons. The fourth-order valence-electron chi connectivity index (χ4n) is 12.7. The summed E-state index contributed by atoms with van der Waals surface area (Å²) in [5.41, 5.74) is 0.761. The number of ether oxygens (including phenoxy) is 8. The van der Waals surface area contributed by atoms with E-state index in [-0.39, 0.29) is 115 Å². The lowest BCUT2D eigenvalue weighted by atomic mass is 10.1. The number of hydrogen-bond acceptors (Lipinski definition) is 40. The van der Waals surface area contributed by atoms with Crippen LogP contribution in [0.3, 0.4) is 0 Å². The van der Waals surface area contributed by atoms with Gasteiger partial charge in [-0.3, -0.25) is 84.0 Å². The minimum Gasteiger partial charge on any atom is -0.493 e. The minimum atomic E-state index is -4.88. The van der Waals surface area contributed by atoms with Gasteiger partial charge in [0, 0.05) is 69.3 Å². The number of rotatable bonds is 20. The molecule has 4 unspecified atom stereocenters. The van der Waals surface area contributed by atoms with E-state index in [9.17, 15) is 78.3 Å². The van der Waals surface area contributed by atoms with Gasteiger partial charge in [-0.2, -0.15) is 0 Å². The van der Waals surface area contributed by atoms with E-state index < -0.39 is 177 Å². The van der Waals surface area contributed by atoms with Crippen LogP contribution >= 0.6 is 67.9 Å². The number of aromatic amines is 3. The van der Waals surface area contributed by atoms with Gasteiger partial charge >= 0.3 is 31.3 Å². The molecule has 1 amide bonds. The highest BCUT2D eigenvalue weighted by molar-refractivity contribution is 7.71. The van der Waals surface area contributed by atoms with Crippen LogP contribution in [0.25, 0.3) is 0 Å². The molecule has 44 nitrogen and oxygen atoms in total. The van der Waals surface area contributed by atoms with E-state index >= 15 is 17.6 Å². The van der Waals surface area contributed by atoms with E-state index in [0.717, 1.165) is 32.3 Å². The number of methoxy groups -OCH3 is 4. The molecule has 9 aliphatic heterocycles. The minimum absolute atomic E-state index is 0.0194. The van der Waals surface area contributed by atoms with Gasteiger partial charge in [0.25, 0.3) is 46.0 Å². The summed E-state index contributed by atoms with van der Waals surface area (Å²) in [6.45, 7) is -1.73. The largest absolute Gasteiger partial charge is 0.530 e. The summed E-state index contributed by atoms with van der Waals surface area (Å²) in [6, 6.07) is 19.1. The van der Waals surface area contributed by atoms with Gasteiger partial charge in [-0.15, -0.1) is 0 Å². The van der Waals surface area contributed by atoms with Crippen molar-refractivity contribution in [3.63, 3.8) is 0 Å².